The zero-order valence-electron chi connectivity index (χ0n) is 13.9. The van der Waals surface area contributed by atoms with E-state index in [1.165, 1.54) is 11.0 Å². The number of rotatable bonds is 5. The number of nitrogens with one attached hydrogen (secondary N) is 1. The highest BCUT2D eigenvalue weighted by molar-refractivity contribution is 7.90. The summed E-state index contributed by atoms with van der Waals surface area (Å²) in [6.45, 7) is 0.944. The van der Waals surface area contributed by atoms with Gasteiger partial charge in [-0.2, -0.15) is 0 Å². The summed E-state index contributed by atoms with van der Waals surface area (Å²) < 4.78 is 36.5. The minimum absolute atomic E-state index is 0.204. The second-order valence-electron chi connectivity index (χ2n) is 6.22. The van der Waals surface area contributed by atoms with Crippen LogP contribution in [0.1, 0.15) is 25.7 Å². The number of carbonyl (C=O) groups is 2. The predicted octanol–water partition coefficient (Wildman–Crippen LogP) is 2.34. The molecule has 1 aliphatic rings. The summed E-state index contributed by atoms with van der Waals surface area (Å²) in [6.07, 6.45) is 2.31. The molecule has 1 aliphatic heterocycles. The average Bonchev–Trinajstić information content (AvgIpc) is 2.52. The summed E-state index contributed by atoms with van der Waals surface area (Å²) in [5.41, 5.74) is 0.204. The molecule has 1 saturated heterocycles. The number of piperidine rings is 1. The second kappa shape index (κ2) is 7.81. The Hall–Kier alpha value is -2.16. The molecule has 138 valence electrons. The number of carboxylic acid groups (broad SMARTS) is 1. The van der Waals surface area contributed by atoms with E-state index >= 15 is 0 Å². The minimum Gasteiger partial charge on any atom is -0.465 e. The lowest BCUT2D eigenvalue weighted by molar-refractivity contribution is -0.116. The van der Waals surface area contributed by atoms with Crippen LogP contribution < -0.4 is 5.32 Å². The summed E-state index contributed by atoms with van der Waals surface area (Å²) in [5, 5.41) is 11.4. The van der Waals surface area contributed by atoms with Crippen LogP contribution in [0.15, 0.2) is 23.1 Å². The molecule has 25 heavy (non-hydrogen) atoms. The van der Waals surface area contributed by atoms with Gasteiger partial charge in [0.15, 0.2) is 9.84 Å². The molecule has 0 unspecified atom stereocenters. The molecular weight excluding hydrogens is 351 g/mol. The molecular formula is C16H21FN2O5S. The summed E-state index contributed by atoms with van der Waals surface area (Å²) in [6, 6.07) is 3.46. The van der Waals surface area contributed by atoms with Crippen LogP contribution in [-0.4, -0.2) is 49.8 Å². The SMILES string of the molecule is CS(=O)(=O)c1ccc(NC(=O)CCC2CCN(C(=O)O)CC2)cc1F. The zero-order valence-corrected chi connectivity index (χ0v) is 14.7. The molecule has 0 bridgehead atoms. The topological polar surface area (TPSA) is 104 Å². The van der Waals surface area contributed by atoms with Crippen LogP contribution in [0, 0.1) is 11.7 Å². The highest BCUT2D eigenvalue weighted by Gasteiger charge is 2.22. The number of nitrogens with zero attached hydrogens (tertiary/aromatic N) is 1. The van der Waals surface area contributed by atoms with Gasteiger partial charge >= 0.3 is 6.09 Å². The van der Waals surface area contributed by atoms with Crippen molar-refractivity contribution in [2.24, 2.45) is 5.92 Å². The van der Waals surface area contributed by atoms with Gasteiger partial charge in [0.05, 0.1) is 0 Å². The Morgan fingerprint density at radius 1 is 1.32 bits per heavy atom. The molecule has 1 heterocycles. The van der Waals surface area contributed by atoms with E-state index in [0.29, 0.717) is 19.5 Å². The predicted molar refractivity (Wildman–Crippen MR) is 89.7 cm³/mol. The Morgan fingerprint density at radius 2 is 1.96 bits per heavy atom. The van der Waals surface area contributed by atoms with Crippen LogP contribution in [0.4, 0.5) is 14.9 Å². The first-order chi connectivity index (χ1) is 11.7. The lowest BCUT2D eigenvalue weighted by Crippen LogP contribution is -2.37. The number of amides is 2. The number of hydrogen-bond acceptors (Lipinski definition) is 4. The first-order valence-corrected chi connectivity index (χ1v) is 9.83. The fourth-order valence-corrected chi connectivity index (χ4v) is 3.58. The lowest BCUT2D eigenvalue weighted by Gasteiger charge is -2.29. The van der Waals surface area contributed by atoms with Gasteiger partial charge in [0.25, 0.3) is 0 Å². The quantitative estimate of drug-likeness (QED) is 0.826. The van der Waals surface area contributed by atoms with Crippen molar-refractivity contribution in [2.75, 3.05) is 24.7 Å². The minimum atomic E-state index is -3.65. The molecule has 0 spiro atoms. The normalized spacial score (nSPS) is 15.8. The molecule has 1 aromatic rings. The third-order valence-corrected chi connectivity index (χ3v) is 5.41. The van der Waals surface area contributed by atoms with Crippen LogP contribution in [0.5, 0.6) is 0 Å². The first kappa shape index (κ1) is 19.2. The number of halogens is 1. The zero-order chi connectivity index (χ0) is 18.6. The number of benzene rings is 1. The Kier molecular flexibility index (Phi) is 5.99. The number of anilines is 1. The van der Waals surface area contributed by atoms with E-state index in [4.69, 9.17) is 5.11 Å². The molecule has 7 nitrogen and oxygen atoms in total. The molecule has 9 heteroatoms. The van der Waals surface area contributed by atoms with Gasteiger partial charge in [-0.15, -0.1) is 0 Å². The van der Waals surface area contributed by atoms with Crippen LogP contribution in [0.3, 0.4) is 0 Å². The van der Waals surface area contributed by atoms with Crippen LogP contribution >= 0.6 is 0 Å². The van der Waals surface area contributed by atoms with Crippen molar-refractivity contribution in [1.29, 1.82) is 0 Å². The van der Waals surface area contributed by atoms with Gasteiger partial charge in [-0.25, -0.2) is 17.6 Å². The summed E-state index contributed by atoms with van der Waals surface area (Å²) in [4.78, 5) is 23.8. The highest BCUT2D eigenvalue weighted by Crippen LogP contribution is 2.23. The molecule has 1 aromatic carbocycles. The van der Waals surface area contributed by atoms with Gasteiger partial charge in [-0.3, -0.25) is 4.79 Å². The lowest BCUT2D eigenvalue weighted by atomic mass is 9.92. The summed E-state index contributed by atoms with van der Waals surface area (Å²) in [5.74, 6) is -0.904. The van der Waals surface area contributed by atoms with Crippen LogP contribution in [0.2, 0.25) is 0 Å². The summed E-state index contributed by atoms with van der Waals surface area (Å²) >= 11 is 0. The van der Waals surface area contributed by atoms with E-state index < -0.39 is 26.6 Å². The molecule has 2 amide bonds. The smallest absolute Gasteiger partial charge is 0.407 e. The maximum atomic E-state index is 13.8. The average molecular weight is 372 g/mol. The van der Waals surface area contributed by atoms with E-state index in [9.17, 15) is 22.4 Å². The molecule has 2 N–H and O–H groups in total. The molecule has 0 atom stereocenters. The number of hydrogen-bond donors (Lipinski definition) is 2. The number of carbonyl (C=O) groups excluding carboxylic acids is 1. The Balaban J connectivity index is 1.83. The van der Waals surface area contributed by atoms with Gasteiger partial charge in [0, 0.05) is 31.5 Å². The van der Waals surface area contributed by atoms with Gasteiger partial charge in [0.1, 0.15) is 10.7 Å². The monoisotopic (exact) mass is 372 g/mol. The van der Waals surface area contributed by atoms with E-state index in [1.807, 2.05) is 0 Å². The molecule has 0 aromatic heterocycles. The van der Waals surface area contributed by atoms with Crippen molar-refractivity contribution < 1.29 is 27.5 Å². The van der Waals surface area contributed by atoms with Crippen molar-refractivity contribution in [2.45, 2.75) is 30.6 Å². The van der Waals surface area contributed by atoms with Gasteiger partial charge < -0.3 is 15.3 Å². The molecule has 0 saturated carbocycles. The van der Waals surface area contributed by atoms with Gasteiger partial charge in [-0.05, 0) is 43.4 Å². The van der Waals surface area contributed by atoms with Crippen molar-refractivity contribution >= 4 is 27.5 Å². The van der Waals surface area contributed by atoms with E-state index in [-0.39, 0.29) is 23.9 Å². The van der Waals surface area contributed by atoms with Crippen molar-refractivity contribution in [3.63, 3.8) is 0 Å². The van der Waals surface area contributed by atoms with Crippen molar-refractivity contribution in [3.05, 3.63) is 24.0 Å². The fourth-order valence-electron chi connectivity index (χ4n) is 2.85. The maximum absolute atomic E-state index is 13.8. The second-order valence-corrected chi connectivity index (χ2v) is 8.20. The third kappa shape index (κ3) is 5.42. The Morgan fingerprint density at radius 3 is 2.48 bits per heavy atom. The molecule has 0 aliphatic carbocycles. The molecule has 0 radical (unpaired) electrons. The number of sulfone groups is 1. The number of likely N-dealkylation sites (tertiary alicyclic amines) is 1. The van der Waals surface area contributed by atoms with E-state index in [1.54, 1.807) is 0 Å². The molecule has 2 rings (SSSR count). The van der Waals surface area contributed by atoms with Crippen molar-refractivity contribution in [1.82, 2.24) is 4.90 Å². The van der Waals surface area contributed by atoms with E-state index in [0.717, 1.165) is 31.2 Å². The first-order valence-electron chi connectivity index (χ1n) is 7.94. The van der Waals surface area contributed by atoms with Crippen molar-refractivity contribution in [3.8, 4) is 0 Å². The van der Waals surface area contributed by atoms with Gasteiger partial charge in [0.2, 0.25) is 5.91 Å². The fraction of sp³-hybridized carbons (Fsp3) is 0.500. The largest absolute Gasteiger partial charge is 0.465 e. The maximum Gasteiger partial charge on any atom is 0.407 e. The summed E-state index contributed by atoms with van der Waals surface area (Å²) in [7, 11) is -3.65. The Bertz CT molecular complexity index is 758. The van der Waals surface area contributed by atoms with Gasteiger partial charge in [-0.1, -0.05) is 0 Å². The third-order valence-electron chi connectivity index (χ3n) is 4.28. The standard InChI is InChI=1S/C16H21FN2O5S/c1-25(23,24)14-4-3-12(10-13(14)17)18-15(20)5-2-11-6-8-19(9-7-11)16(21)22/h3-4,10-11H,2,5-9H2,1H3,(H,18,20)(H,21,22). The highest BCUT2D eigenvalue weighted by atomic mass is 32.2. The van der Waals surface area contributed by atoms with E-state index in [2.05, 4.69) is 5.32 Å². The van der Waals surface area contributed by atoms with Crippen LogP contribution in [0.25, 0.3) is 0 Å². The Labute approximate surface area is 145 Å². The van der Waals surface area contributed by atoms with Crippen LogP contribution in [-0.2, 0) is 14.6 Å². The molecule has 1 fully saturated rings.